The quantitative estimate of drug-likeness (QED) is 0.740. The van der Waals surface area contributed by atoms with Crippen molar-refractivity contribution in [1.82, 2.24) is 9.88 Å². The van der Waals surface area contributed by atoms with Crippen LogP contribution in [0.25, 0.3) is 22.4 Å². The molecular formula is C19H20N2O2. The molecule has 4 heteroatoms. The SMILES string of the molecule is Cc1cc(-c2ccco2)nc2ccc(CN3CCOCC3)cc12. The predicted octanol–water partition coefficient (Wildman–Crippen LogP) is 3.64. The van der Waals surface area contributed by atoms with Gasteiger partial charge in [-0.25, -0.2) is 4.98 Å². The van der Waals surface area contributed by atoms with Gasteiger partial charge in [-0.05, 0) is 48.4 Å². The second-order valence-corrected chi connectivity index (χ2v) is 6.04. The molecule has 4 rings (SSSR count). The summed E-state index contributed by atoms with van der Waals surface area (Å²) in [4.78, 5) is 7.17. The van der Waals surface area contributed by atoms with E-state index in [1.807, 2.05) is 12.1 Å². The second-order valence-electron chi connectivity index (χ2n) is 6.04. The molecule has 1 aromatic carbocycles. The number of ether oxygens (including phenoxy) is 1. The van der Waals surface area contributed by atoms with Gasteiger partial charge in [-0.3, -0.25) is 4.90 Å². The maximum atomic E-state index is 5.47. The van der Waals surface area contributed by atoms with Crippen LogP contribution in [0, 0.1) is 6.92 Å². The molecule has 1 saturated heterocycles. The summed E-state index contributed by atoms with van der Waals surface area (Å²) in [6.07, 6.45) is 1.68. The molecule has 1 fully saturated rings. The minimum atomic E-state index is 0.812. The Hall–Kier alpha value is -2.17. The smallest absolute Gasteiger partial charge is 0.152 e. The van der Waals surface area contributed by atoms with E-state index >= 15 is 0 Å². The highest BCUT2D eigenvalue weighted by molar-refractivity contribution is 5.85. The van der Waals surface area contributed by atoms with Gasteiger partial charge in [0.05, 0.1) is 25.0 Å². The van der Waals surface area contributed by atoms with Gasteiger partial charge in [-0.1, -0.05) is 6.07 Å². The monoisotopic (exact) mass is 308 g/mol. The number of hydrogen-bond donors (Lipinski definition) is 0. The Morgan fingerprint density at radius 1 is 1.13 bits per heavy atom. The van der Waals surface area contributed by atoms with E-state index in [2.05, 4.69) is 36.1 Å². The molecule has 0 bridgehead atoms. The average Bonchev–Trinajstić information content (AvgIpc) is 3.11. The summed E-state index contributed by atoms with van der Waals surface area (Å²) in [5, 5.41) is 1.21. The van der Waals surface area contributed by atoms with E-state index in [0.717, 1.165) is 49.8 Å². The van der Waals surface area contributed by atoms with E-state index in [1.165, 1.54) is 16.5 Å². The molecule has 2 aromatic heterocycles. The summed E-state index contributed by atoms with van der Waals surface area (Å²) in [5.41, 5.74) is 4.46. The number of pyridine rings is 1. The molecule has 118 valence electrons. The standard InChI is InChI=1S/C19H20N2O2/c1-14-11-18(19-3-2-8-23-19)20-17-5-4-15(12-16(14)17)13-21-6-9-22-10-7-21/h2-5,8,11-12H,6-7,9-10,13H2,1H3. The Balaban J connectivity index is 1.66. The highest BCUT2D eigenvalue weighted by Crippen LogP contribution is 2.25. The van der Waals surface area contributed by atoms with E-state index in [1.54, 1.807) is 6.26 Å². The van der Waals surface area contributed by atoms with Crippen molar-refractivity contribution in [3.05, 3.63) is 53.8 Å². The van der Waals surface area contributed by atoms with Gasteiger partial charge in [0.25, 0.3) is 0 Å². The topological polar surface area (TPSA) is 38.5 Å². The van der Waals surface area contributed by atoms with Crippen LogP contribution in [0.15, 0.2) is 47.1 Å². The molecule has 0 atom stereocenters. The lowest BCUT2D eigenvalue weighted by atomic mass is 10.0. The third-order valence-electron chi connectivity index (χ3n) is 4.36. The lowest BCUT2D eigenvalue weighted by Gasteiger charge is -2.26. The number of rotatable bonds is 3. The van der Waals surface area contributed by atoms with Crippen LogP contribution >= 0.6 is 0 Å². The van der Waals surface area contributed by atoms with Gasteiger partial charge >= 0.3 is 0 Å². The molecule has 3 heterocycles. The van der Waals surface area contributed by atoms with Gasteiger partial charge in [0.15, 0.2) is 5.76 Å². The summed E-state index contributed by atoms with van der Waals surface area (Å²) in [5.74, 6) is 0.812. The molecule has 0 amide bonds. The number of fused-ring (bicyclic) bond motifs is 1. The van der Waals surface area contributed by atoms with E-state index < -0.39 is 0 Å². The number of aryl methyl sites for hydroxylation is 1. The third-order valence-corrected chi connectivity index (χ3v) is 4.36. The average molecular weight is 308 g/mol. The van der Waals surface area contributed by atoms with Crippen LogP contribution in [0.3, 0.4) is 0 Å². The number of nitrogens with zero attached hydrogens (tertiary/aromatic N) is 2. The number of furan rings is 1. The van der Waals surface area contributed by atoms with E-state index in [0.29, 0.717) is 0 Å². The van der Waals surface area contributed by atoms with Gasteiger partial charge in [0.2, 0.25) is 0 Å². The number of aromatic nitrogens is 1. The maximum Gasteiger partial charge on any atom is 0.152 e. The Morgan fingerprint density at radius 2 is 2.00 bits per heavy atom. The predicted molar refractivity (Wildman–Crippen MR) is 90.3 cm³/mol. The Kier molecular flexibility index (Phi) is 3.85. The van der Waals surface area contributed by atoms with Crippen molar-refractivity contribution in [2.24, 2.45) is 0 Å². The molecule has 4 nitrogen and oxygen atoms in total. The summed E-state index contributed by atoms with van der Waals surface area (Å²) in [6, 6.07) is 12.5. The first-order chi connectivity index (χ1) is 11.3. The fourth-order valence-electron chi connectivity index (χ4n) is 3.11. The van der Waals surface area contributed by atoms with E-state index in [9.17, 15) is 0 Å². The van der Waals surface area contributed by atoms with Gasteiger partial charge < -0.3 is 9.15 Å². The molecular weight excluding hydrogens is 288 g/mol. The molecule has 0 saturated carbocycles. The van der Waals surface area contributed by atoms with Gasteiger partial charge in [0, 0.05) is 25.0 Å². The normalized spacial score (nSPS) is 16.0. The minimum Gasteiger partial charge on any atom is -0.463 e. The van der Waals surface area contributed by atoms with E-state index in [-0.39, 0.29) is 0 Å². The Labute approximate surface area is 135 Å². The van der Waals surface area contributed by atoms with Crippen molar-refractivity contribution in [3.8, 4) is 11.5 Å². The fraction of sp³-hybridized carbons (Fsp3) is 0.316. The zero-order valence-electron chi connectivity index (χ0n) is 13.3. The largest absolute Gasteiger partial charge is 0.463 e. The molecule has 0 N–H and O–H groups in total. The van der Waals surface area contributed by atoms with Crippen molar-refractivity contribution in [2.45, 2.75) is 13.5 Å². The summed E-state index contributed by atoms with van der Waals surface area (Å²) >= 11 is 0. The molecule has 3 aromatic rings. The first-order valence-corrected chi connectivity index (χ1v) is 8.04. The molecule has 0 unspecified atom stereocenters. The van der Waals surface area contributed by atoms with Crippen LogP contribution < -0.4 is 0 Å². The van der Waals surface area contributed by atoms with Crippen molar-refractivity contribution in [1.29, 1.82) is 0 Å². The summed E-state index contributed by atoms with van der Waals surface area (Å²) in [6.45, 7) is 6.79. The highest BCUT2D eigenvalue weighted by Gasteiger charge is 2.12. The summed E-state index contributed by atoms with van der Waals surface area (Å²) in [7, 11) is 0. The number of benzene rings is 1. The zero-order valence-corrected chi connectivity index (χ0v) is 13.3. The lowest BCUT2D eigenvalue weighted by molar-refractivity contribution is 0.0342. The first kappa shape index (κ1) is 14.4. The van der Waals surface area contributed by atoms with Gasteiger partial charge in [-0.15, -0.1) is 0 Å². The van der Waals surface area contributed by atoms with Gasteiger partial charge in [0.1, 0.15) is 5.69 Å². The van der Waals surface area contributed by atoms with Crippen molar-refractivity contribution in [3.63, 3.8) is 0 Å². The second kappa shape index (κ2) is 6.14. The number of hydrogen-bond acceptors (Lipinski definition) is 4. The van der Waals surface area contributed by atoms with Crippen LogP contribution in [0.4, 0.5) is 0 Å². The first-order valence-electron chi connectivity index (χ1n) is 8.04. The minimum absolute atomic E-state index is 0.812. The third kappa shape index (κ3) is 3.00. The number of morpholine rings is 1. The van der Waals surface area contributed by atoms with Crippen LogP contribution in [0.1, 0.15) is 11.1 Å². The van der Waals surface area contributed by atoms with Gasteiger partial charge in [-0.2, -0.15) is 0 Å². The fourth-order valence-corrected chi connectivity index (χ4v) is 3.11. The molecule has 0 radical (unpaired) electrons. The zero-order chi connectivity index (χ0) is 15.6. The molecule has 1 aliphatic rings. The van der Waals surface area contributed by atoms with Crippen LogP contribution in [0.5, 0.6) is 0 Å². The Morgan fingerprint density at radius 3 is 2.78 bits per heavy atom. The molecule has 23 heavy (non-hydrogen) atoms. The van der Waals surface area contributed by atoms with Crippen LogP contribution in [-0.2, 0) is 11.3 Å². The molecule has 0 aliphatic carbocycles. The molecule has 1 aliphatic heterocycles. The van der Waals surface area contributed by atoms with Crippen molar-refractivity contribution < 1.29 is 9.15 Å². The highest BCUT2D eigenvalue weighted by atomic mass is 16.5. The molecule has 0 spiro atoms. The Bertz CT molecular complexity index is 806. The van der Waals surface area contributed by atoms with Crippen LogP contribution in [0.2, 0.25) is 0 Å². The van der Waals surface area contributed by atoms with Crippen LogP contribution in [-0.4, -0.2) is 36.2 Å². The lowest BCUT2D eigenvalue weighted by Crippen LogP contribution is -2.35. The maximum absolute atomic E-state index is 5.47. The summed E-state index contributed by atoms with van der Waals surface area (Å²) < 4.78 is 10.9. The van der Waals surface area contributed by atoms with Crippen molar-refractivity contribution in [2.75, 3.05) is 26.3 Å². The van der Waals surface area contributed by atoms with Crippen molar-refractivity contribution >= 4 is 10.9 Å². The van der Waals surface area contributed by atoms with E-state index in [4.69, 9.17) is 14.1 Å².